The lowest BCUT2D eigenvalue weighted by Crippen LogP contribution is -2.28. The molecule has 7 heteroatoms. The third kappa shape index (κ3) is 7.90. The van der Waals surface area contributed by atoms with E-state index >= 15 is 0 Å². The molecule has 0 atom stereocenters. The Kier molecular flexibility index (Phi) is 11.2. The largest absolute Gasteiger partial charge is 0.497 e. The highest BCUT2D eigenvalue weighted by molar-refractivity contribution is 14.0. The standard InChI is InChI=1S/C25H27ClN2O2S.HI/c1-4-31-25(27-22-11-9-21(26)10-12-22)28(17-19-5-13-23(29-2)14-6-19)18-20-7-15-24(30-3)16-8-20;/h5-16H,4,17-18H2,1-3H3;1H. The normalized spacial score (nSPS) is 10.9. The number of halogens is 2. The van der Waals surface area contributed by atoms with Gasteiger partial charge < -0.3 is 14.4 Å². The van der Waals surface area contributed by atoms with Gasteiger partial charge in [0.1, 0.15) is 11.5 Å². The van der Waals surface area contributed by atoms with Crippen LogP contribution in [-0.2, 0) is 13.1 Å². The first-order valence-corrected chi connectivity index (χ1v) is 11.5. The number of ether oxygens (including phenoxy) is 2. The summed E-state index contributed by atoms with van der Waals surface area (Å²) in [4.78, 5) is 7.25. The molecule has 0 bridgehead atoms. The lowest BCUT2D eigenvalue weighted by molar-refractivity contribution is 0.405. The third-order valence-corrected chi connectivity index (χ3v) is 5.81. The fourth-order valence-electron chi connectivity index (χ4n) is 3.04. The lowest BCUT2D eigenvalue weighted by atomic mass is 10.1. The van der Waals surface area contributed by atoms with E-state index in [4.69, 9.17) is 26.1 Å². The molecule has 3 rings (SSSR count). The summed E-state index contributed by atoms with van der Waals surface area (Å²) in [6, 6.07) is 24.0. The molecule has 32 heavy (non-hydrogen) atoms. The molecule has 0 aromatic heterocycles. The fourth-order valence-corrected chi connectivity index (χ4v) is 3.91. The van der Waals surface area contributed by atoms with E-state index in [1.165, 1.54) is 11.1 Å². The first kappa shape index (κ1) is 26.4. The van der Waals surface area contributed by atoms with Crippen molar-refractivity contribution in [2.24, 2.45) is 4.99 Å². The van der Waals surface area contributed by atoms with E-state index in [2.05, 4.69) is 36.1 Å². The minimum absolute atomic E-state index is 0. The van der Waals surface area contributed by atoms with Gasteiger partial charge in [0.25, 0.3) is 0 Å². The van der Waals surface area contributed by atoms with Crippen molar-refractivity contribution in [2.75, 3.05) is 20.0 Å². The first-order valence-electron chi connectivity index (χ1n) is 10.1. The summed E-state index contributed by atoms with van der Waals surface area (Å²) in [5.74, 6) is 2.63. The minimum atomic E-state index is 0. The molecule has 0 aliphatic heterocycles. The van der Waals surface area contributed by atoms with Crippen molar-refractivity contribution in [3.05, 3.63) is 88.9 Å². The Hall–Kier alpha value is -1.90. The molecule has 0 aliphatic carbocycles. The zero-order chi connectivity index (χ0) is 22.1. The van der Waals surface area contributed by atoms with Crippen LogP contribution in [-0.4, -0.2) is 30.0 Å². The molecular formula is C25H28ClIN2O2S. The van der Waals surface area contributed by atoms with Crippen LogP contribution >= 0.6 is 47.3 Å². The maximum absolute atomic E-state index is 6.05. The lowest BCUT2D eigenvalue weighted by Gasteiger charge is -2.26. The second-order valence-electron chi connectivity index (χ2n) is 6.86. The summed E-state index contributed by atoms with van der Waals surface area (Å²) in [5, 5.41) is 1.67. The van der Waals surface area contributed by atoms with Gasteiger partial charge in [-0.1, -0.05) is 54.6 Å². The molecule has 0 saturated heterocycles. The summed E-state index contributed by atoms with van der Waals surface area (Å²) in [6.45, 7) is 3.60. The quantitative estimate of drug-likeness (QED) is 0.157. The highest BCUT2D eigenvalue weighted by atomic mass is 127. The highest BCUT2D eigenvalue weighted by Crippen LogP contribution is 2.24. The van der Waals surface area contributed by atoms with Gasteiger partial charge in [0.05, 0.1) is 19.9 Å². The van der Waals surface area contributed by atoms with E-state index in [1.807, 2.05) is 48.5 Å². The van der Waals surface area contributed by atoms with Gasteiger partial charge in [0, 0.05) is 18.1 Å². The van der Waals surface area contributed by atoms with Crippen LogP contribution < -0.4 is 9.47 Å². The summed E-state index contributed by atoms with van der Waals surface area (Å²) in [6.07, 6.45) is 0. The smallest absolute Gasteiger partial charge is 0.164 e. The van der Waals surface area contributed by atoms with Crippen LogP contribution in [0.3, 0.4) is 0 Å². The van der Waals surface area contributed by atoms with Gasteiger partial charge in [0.2, 0.25) is 0 Å². The molecule has 0 saturated carbocycles. The summed E-state index contributed by atoms with van der Waals surface area (Å²) >= 11 is 7.78. The molecule has 4 nitrogen and oxygen atoms in total. The second kappa shape index (κ2) is 13.6. The molecule has 3 aromatic carbocycles. The Bertz CT molecular complexity index is 931. The molecule has 3 aromatic rings. The number of aliphatic imine (C=N–C) groups is 1. The summed E-state index contributed by atoms with van der Waals surface area (Å²) < 4.78 is 10.6. The summed E-state index contributed by atoms with van der Waals surface area (Å²) in [5.41, 5.74) is 3.26. The number of benzene rings is 3. The van der Waals surface area contributed by atoms with Crippen molar-refractivity contribution in [3.63, 3.8) is 0 Å². The van der Waals surface area contributed by atoms with Crippen molar-refractivity contribution in [2.45, 2.75) is 20.0 Å². The van der Waals surface area contributed by atoms with E-state index in [1.54, 1.807) is 26.0 Å². The van der Waals surface area contributed by atoms with E-state index in [0.29, 0.717) is 5.02 Å². The van der Waals surface area contributed by atoms with E-state index < -0.39 is 0 Å². The maximum atomic E-state index is 6.05. The fraction of sp³-hybridized carbons (Fsp3) is 0.240. The van der Waals surface area contributed by atoms with Crippen molar-refractivity contribution in [1.29, 1.82) is 0 Å². The zero-order valence-corrected chi connectivity index (χ0v) is 22.4. The molecule has 0 spiro atoms. The summed E-state index contributed by atoms with van der Waals surface area (Å²) in [7, 11) is 3.36. The number of hydrogen-bond donors (Lipinski definition) is 0. The van der Waals surface area contributed by atoms with Gasteiger partial charge in [-0.15, -0.1) is 24.0 Å². The van der Waals surface area contributed by atoms with Crippen molar-refractivity contribution in [1.82, 2.24) is 4.90 Å². The SMILES string of the molecule is CCSC(=Nc1ccc(Cl)cc1)N(Cc1ccc(OC)cc1)Cc1ccc(OC)cc1.I. The van der Waals surface area contributed by atoms with Crippen LogP contribution in [0.5, 0.6) is 11.5 Å². The highest BCUT2D eigenvalue weighted by Gasteiger charge is 2.14. The number of nitrogens with zero attached hydrogens (tertiary/aromatic N) is 2. The average Bonchev–Trinajstić information content (AvgIpc) is 2.81. The van der Waals surface area contributed by atoms with Crippen molar-refractivity contribution < 1.29 is 9.47 Å². The van der Waals surface area contributed by atoms with Gasteiger partial charge in [0.15, 0.2) is 5.17 Å². The molecule has 0 aliphatic rings. The minimum Gasteiger partial charge on any atom is -0.497 e. The second-order valence-corrected chi connectivity index (χ2v) is 8.52. The Balaban J connectivity index is 0.00000363. The van der Waals surface area contributed by atoms with Crippen LogP contribution in [0.15, 0.2) is 77.8 Å². The van der Waals surface area contributed by atoms with E-state index in [-0.39, 0.29) is 24.0 Å². The zero-order valence-electron chi connectivity index (χ0n) is 18.5. The van der Waals surface area contributed by atoms with Crippen LogP contribution in [0.25, 0.3) is 0 Å². The van der Waals surface area contributed by atoms with Gasteiger partial charge in [-0.2, -0.15) is 0 Å². The molecule has 0 unspecified atom stereocenters. The van der Waals surface area contributed by atoms with Gasteiger partial charge in [-0.05, 0) is 65.4 Å². The topological polar surface area (TPSA) is 34.1 Å². The van der Waals surface area contributed by atoms with Crippen LogP contribution in [0, 0.1) is 0 Å². The Morgan fingerprint density at radius 3 is 1.69 bits per heavy atom. The van der Waals surface area contributed by atoms with Gasteiger partial charge >= 0.3 is 0 Å². The molecule has 0 amide bonds. The number of hydrogen-bond acceptors (Lipinski definition) is 4. The van der Waals surface area contributed by atoms with Gasteiger partial charge in [-0.3, -0.25) is 0 Å². The first-order chi connectivity index (χ1) is 15.1. The number of methoxy groups -OCH3 is 2. The Morgan fingerprint density at radius 2 is 1.28 bits per heavy atom. The van der Waals surface area contributed by atoms with Crippen molar-refractivity contribution >= 4 is 58.2 Å². The molecular weight excluding hydrogens is 555 g/mol. The van der Waals surface area contributed by atoms with Crippen LogP contribution in [0.4, 0.5) is 5.69 Å². The molecule has 0 fully saturated rings. The Labute approximate surface area is 217 Å². The molecule has 0 N–H and O–H groups in total. The average molecular weight is 583 g/mol. The molecule has 0 heterocycles. The van der Waals surface area contributed by atoms with Crippen LogP contribution in [0.1, 0.15) is 18.1 Å². The monoisotopic (exact) mass is 582 g/mol. The molecule has 0 radical (unpaired) electrons. The Morgan fingerprint density at radius 1 is 0.812 bits per heavy atom. The number of thioether (sulfide) groups is 1. The van der Waals surface area contributed by atoms with E-state index in [0.717, 1.165) is 41.2 Å². The van der Waals surface area contributed by atoms with Gasteiger partial charge in [-0.25, -0.2) is 4.99 Å². The molecule has 170 valence electrons. The number of amidine groups is 1. The number of rotatable bonds is 8. The van der Waals surface area contributed by atoms with Crippen molar-refractivity contribution in [3.8, 4) is 11.5 Å². The van der Waals surface area contributed by atoms with E-state index in [9.17, 15) is 0 Å². The maximum Gasteiger partial charge on any atom is 0.164 e. The predicted octanol–water partition coefficient (Wildman–Crippen LogP) is 7.42. The predicted molar refractivity (Wildman–Crippen MR) is 147 cm³/mol. The van der Waals surface area contributed by atoms with Crippen LogP contribution in [0.2, 0.25) is 5.02 Å². The third-order valence-electron chi connectivity index (χ3n) is 4.66.